The Morgan fingerprint density at radius 1 is 1.06 bits per heavy atom. The van der Waals surface area contributed by atoms with Gasteiger partial charge in [-0.25, -0.2) is 9.59 Å². The molecular formula is C38H61F3N4O6. The molecule has 7 fully saturated rings. The minimum atomic E-state index is -4.25. The molecule has 0 bridgehead atoms. The van der Waals surface area contributed by atoms with E-state index >= 15 is 0 Å². The first-order valence-corrected chi connectivity index (χ1v) is 19.4. The van der Waals surface area contributed by atoms with Gasteiger partial charge in [0.15, 0.2) is 0 Å². The van der Waals surface area contributed by atoms with E-state index in [0.717, 1.165) is 51.4 Å². The SMILES string of the molecule is CC(C)[C@@H](OC(=O)N(C)C)C1C[C@@H](C)[C@H]2C(O1)[C@H](O)[C@@]1(N)C3CC[C@H]4C(C)(C)[C@@H](OC(=O)NC5CN(CC(F)(F)F)C5)CCC45CC35CC[C@]21C. The van der Waals surface area contributed by atoms with Gasteiger partial charge < -0.3 is 35.3 Å². The third-order valence-corrected chi connectivity index (χ3v) is 15.8. The zero-order valence-electron chi connectivity index (χ0n) is 31.7. The quantitative estimate of drug-likeness (QED) is 0.325. The van der Waals surface area contributed by atoms with Crippen molar-refractivity contribution in [2.45, 2.75) is 141 Å². The van der Waals surface area contributed by atoms with Gasteiger partial charge in [-0.3, -0.25) is 4.90 Å². The van der Waals surface area contributed by atoms with Gasteiger partial charge in [-0.15, -0.1) is 0 Å². The predicted molar refractivity (Wildman–Crippen MR) is 183 cm³/mol. The number of carbonyl (C=O) groups is 2. The van der Waals surface area contributed by atoms with E-state index in [-0.39, 0.29) is 76.7 Å². The number of halogens is 3. The van der Waals surface area contributed by atoms with E-state index in [2.05, 4.69) is 33.0 Å². The van der Waals surface area contributed by atoms with Crippen molar-refractivity contribution < 1.29 is 42.1 Å². The molecule has 51 heavy (non-hydrogen) atoms. The van der Waals surface area contributed by atoms with Gasteiger partial charge in [0.2, 0.25) is 0 Å². The smallest absolute Gasteiger partial charge is 0.409 e. The van der Waals surface area contributed by atoms with Crippen LogP contribution in [0.1, 0.15) is 92.9 Å². The summed E-state index contributed by atoms with van der Waals surface area (Å²) in [7, 11) is 3.35. The molecular weight excluding hydrogens is 665 g/mol. The van der Waals surface area contributed by atoms with Crippen LogP contribution in [-0.4, -0.2) is 109 Å². The van der Waals surface area contributed by atoms with Crippen molar-refractivity contribution in [2.75, 3.05) is 33.7 Å². The first-order chi connectivity index (χ1) is 23.6. The van der Waals surface area contributed by atoms with Gasteiger partial charge in [0.05, 0.1) is 36.4 Å². The lowest BCUT2D eigenvalue weighted by atomic mass is 9.43. The maximum Gasteiger partial charge on any atom is 0.409 e. The lowest BCUT2D eigenvalue weighted by molar-refractivity contribution is -0.179. The number of nitrogens with zero attached hydrogens (tertiary/aromatic N) is 2. The summed E-state index contributed by atoms with van der Waals surface area (Å²) < 4.78 is 57.1. The van der Waals surface area contributed by atoms with Crippen molar-refractivity contribution in [3.63, 3.8) is 0 Å². The Kier molecular flexibility index (Phi) is 8.88. The molecule has 2 spiro atoms. The van der Waals surface area contributed by atoms with Crippen LogP contribution in [0.4, 0.5) is 22.8 Å². The van der Waals surface area contributed by atoms with Crippen molar-refractivity contribution in [1.82, 2.24) is 15.1 Å². The van der Waals surface area contributed by atoms with Crippen LogP contribution in [0.15, 0.2) is 0 Å². The summed E-state index contributed by atoms with van der Waals surface area (Å²) in [5.41, 5.74) is 6.41. The van der Waals surface area contributed by atoms with Gasteiger partial charge in [-0.1, -0.05) is 41.5 Å². The number of hydrogen-bond donors (Lipinski definition) is 3. The fourth-order valence-electron chi connectivity index (χ4n) is 13.6. The summed E-state index contributed by atoms with van der Waals surface area (Å²) >= 11 is 0. The van der Waals surface area contributed by atoms with Crippen LogP contribution in [0.2, 0.25) is 0 Å². The summed E-state index contributed by atoms with van der Waals surface area (Å²) in [4.78, 5) is 28.3. The number of aliphatic hydroxyl groups excluding tert-OH is 1. The summed E-state index contributed by atoms with van der Waals surface area (Å²) in [5, 5.41) is 15.3. The number of likely N-dealkylation sites (tertiary alicyclic amines) is 1. The van der Waals surface area contributed by atoms with Crippen LogP contribution in [0.3, 0.4) is 0 Å². The third-order valence-electron chi connectivity index (χ3n) is 15.8. The summed E-state index contributed by atoms with van der Waals surface area (Å²) in [6, 6.07) is -0.342. The largest absolute Gasteiger partial charge is 0.446 e. The number of amides is 2. The topological polar surface area (TPSA) is 127 Å². The molecule has 0 aromatic carbocycles. The fourth-order valence-corrected chi connectivity index (χ4v) is 13.6. The van der Waals surface area contributed by atoms with Crippen LogP contribution in [0, 0.1) is 51.2 Å². The Bertz CT molecular complexity index is 1390. The molecule has 2 heterocycles. The van der Waals surface area contributed by atoms with Gasteiger partial charge in [-0.05, 0) is 97.2 Å². The number of rotatable bonds is 6. The minimum Gasteiger partial charge on any atom is -0.446 e. The first kappa shape index (κ1) is 37.5. The van der Waals surface area contributed by atoms with E-state index in [1.807, 2.05) is 13.8 Å². The molecule has 5 unspecified atom stereocenters. The lowest BCUT2D eigenvalue weighted by Gasteiger charge is -2.63. The second-order valence-corrected chi connectivity index (χ2v) is 19.2. The van der Waals surface area contributed by atoms with E-state index in [1.165, 1.54) is 9.80 Å². The Morgan fingerprint density at radius 3 is 2.33 bits per heavy atom. The van der Waals surface area contributed by atoms with E-state index < -0.39 is 48.8 Å². The molecule has 10 nitrogen and oxygen atoms in total. The van der Waals surface area contributed by atoms with E-state index in [4.69, 9.17) is 19.9 Å². The number of carbonyl (C=O) groups excluding carboxylic acids is 2. The van der Waals surface area contributed by atoms with Crippen molar-refractivity contribution in [1.29, 1.82) is 0 Å². The Hall–Kier alpha value is -1.83. The number of hydrogen-bond acceptors (Lipinski definition) is 8. The number of nitrogens with one attached hydrogen (secondary N) is 1. The van der Waals surface area contributed by atoms with Crippen molar-refractivity contribution >= 4 is 12.2 Å². The highest BCUT2D eigenvalue weighted by Crippen LogP contribution is 2.87. The average Bonchev–Trinajstić information content (AvgIpc) is 3.64. The normalized spacial score (nSPS) is 46.3. The van der Waals surface area contributed by atoms with Crippen molar-refractivity contribution in [2.24, 2.45) is 57.0 Å². The molecule has 290 valence electrons. The van der Waals surface area contributed by atoms with Gasteiger partial charge in [0, 0.05) is 32.6 Å². The lowest BCUT2D eigenvalue weighted by Crippen LogP contribution is -2.70. The molecule has 5 saturated carbocycles. The molecule has 0 radical (unpaired) electrons. The molecule has 4 N–H and O–H groups in total. The average molecular weight is 727 g/mol. The predicted octanol–water partition coefficient (Wildman–Crippen LogP) is 5.56. The maximum absolute atomic E-state index is 13.0. The minimum absolute atomic E-state index is 0.0152. The van der Waals surface area contributed by atoms with Crippen LogP contribution < -0.4 is 11.1 Å². The van der Waals surface area contributed by atoms with E-state index in [9.17, 15) is 27.9 Å². The van der Waals surface area contributed by atoms with Gasteiger partial charge >= 0.3 is 18.4 Å². The summed E-state index contributed by atoms with van der Waals surface area (Å²) in [5.74, 6) is 0.812. The molecule has 2 amide bonds. The van der Waals surface area contributed by atoms with E-state index in [1.54, 1.807) is 14.1 Å². The molecule has 2 saturated heterocycles. The highest BCUT2D eigenvalue weighted by atomic mass is 19.4. The Labute approximate surface area is 301 Å². The zero-order valence-corrected chi connectivity index (χ0v) is 31.7. The van der Waals surface area contributed by atoms with E-state index in [0.29, 0.717) is 5.92 Å². The Morgan fingerprint density at radius 2 is 1.71 bits per heavy atom. The Balaban J connectivity index is 1.06. The van der Waals surface area contributed by atoms with Crippen LogP contribution >= 0.6 is 0 Å². The molecule has 7 rings (SSSR count). The first-order valence-electron chi connectivity index (χ1n) is 19.4. The molecule has 0 aromatic heterocycles. The van der Waals surface area contributed by atoms with Gasteiger partial charge in [-0.2, -0.15) is 13.2 Å². The van der Waals surface area contributed by atoms with Crippen molar-refractivity contribution in [3.05, 3.63) is 0 Å². The monoisotopic (exact) mass is 726 g/mol. The maximum atomic E-state index is 13.0. The van der Waals surface area contributed by atoms with Crippen LogP contribution in [0.25, 0.3) is 0 Å². The summed E-state index contributed by atoms with van der Waals surface area (Å²) in [6.07, 6.45) is -0.286. The number of alkyl halides is 3. The highest BCUT2D eigenvalue weighted by Gasteiger charge is 2.85. The number of aliphatic hydroxyl groups is 1. The number of alkyl carbamates (subject to hydrolysis) is 1. The molecule has 7 aliphatic rings. The molecule has 2 aliphatic heterocycles. The second-order valence-electron chi connectivity index (χ2n) is 19.2. The molecule has 13 atom stereocenters. The third kappa shape index (κ3) is 5.46. The standard InChI is InChI=1S/C38H61F3N4O6/c1-20(2)28(51-32(48)44(7)8)23-15-21(3)27-29(49-23)30(46)38(42)25-10-9-24-33(4,5)26(11-12-35(24)18-36(25,35)14-13-34(27,38)6)50-31(47)43-22-16-45(17-22)19-37(39,40)41/h20-30,46H,9-19,42H2,1-8H3,(H,43,47)/t21-,23?,24+,25?,26+,27+,28-,29?,30+,34-,35?,36?,38+/m1/s1. The number of fused-ring (bicyclic) bond motifs is 4. The molecule has 5 aliphatic carbocycles. The number of nitrogens with two attached hydrogens (primary N) is 1. The fraction of sp³-hybridized carbons (Fsp3) is 0.947. The summed E-state index contributed by atoms with van der Waals surface area (Å²) in [6.45, 7) is 12.4. The molecule has 13 heteroatoms. The second kappa shape index (κ2) is 12.1. The van der Waals surface area contributed by atoms with Crippen LogP contribution in [-0.2, 0) is 14.2 Å². The van der Waals surface area contributed by atoms with Crippen LogP contribution in [0.5, 0.6) is 0 Å². The zero-order chi connectivity index (χ0) is 37.3. The number of ether oxygens (including phenoxy) is 3. The molecule has 0 aromatic rings. The van der Waals surface area contributed by atoms with Crippen molar-refractivity contribution in [3.8, 4) is 0 Å². The van der Waals surface area contributed by atoms with Gasteiger partial charge in [0.25, 0.3) is 0 Å². The highest BCUT2D eigenvalue weighted by molar-refractivity contribution is 5.68. The van der Waals surface area contributed by atoms with Gasteiger partial charge in [0.1, 0.15) is 12.2 Å².